The predicted octanol–water partition coefficient (Wildman–Crippen LogP) is 3.77. The molecule has 0 saturated carbocycles. The van der Waals surface area contributed by atoms with E-state index in [0.717, 1.165) is 74.0 Å². The Bertz CT molecular complexity index is 1200. The summed E-state index contributed by atoms with van der Waals surface area (Å²) in [6.07, 6.45) is 8.13. The summed E-state index contributed by atoms with van der Waals surface area (Å²) >= 11 is 0. The second-order valence-electron chi connectivity index (χ2n) is 9.74. The Kier molecular flexibility index (Phi) is 6.06. The van der Waals surface area contributed by atoms with Crippen LogP contribution in [0.4, 0.5) is 0 Å². The van der Waals surface area contributed by atoms with Gasteiger partial charge in [-0.1, -0.05) is 0 Å². The predicted molar refractivity (Wildman–Crippen MR) is 130 cm³/mol. The lowest BCUT2D eigenvalue weighted by molar-refractivity contribution is -0.131. The number of hydrogen-bond donors (Lipinski definition) is 1. The zero-order valence-corrected chi connectivity index (χ0v) is 19.6. The van der Waals surface area contributed by atoms with Crippen molar-refractivity contribution in [2.75, 3.05) is 32.7 Å². The van der Waals surface area contributed by atoms with Crippen molar-refractivity contribution < 1.29 is 4.79 Å². The number of piperidine rings is 1. The minimum atomic E-state index is 0.0174. The summed E-state index contributed by atoms with van der Waals surface area (Å²) < 4.78 is 1.77. The third kappa shape index (κ3) is 4.47. The number of carbonyl (C=O) groups is 1. The fourth-order valence-electron chi connectivity index (χ4n) is 5.25. The SMILES string of the molecule is CC(C)n1cc(-c2ccnc3[nH]c(C4CCN(CC(=O)N5CCCC5)CC4)cc23)ccc1=O. The summed E-state index contributed by atoms with van der Waals surface area (Å²) in [5.41, 5.74) is 4.23. The lowest BCUT2D eigenvalue weighted by Gasteiger charge is -2.32. The van der Waals surface area contributed by atoms with E-state index in [2.05, 4.69) is 20.9 Å². The van der Waals surface area contributed by atoms with Crippen molar-refractivity contribution in [2.45, 2.75) is 51.5 Å². The van der Waals surface area contributed by atoms with Crippen LogP contribution in [-0.4, -0.2) is 63.0 Å². The normalized spacial score (nSPS) is 18.0. The van der Waals surface area contributed by atoms with Gasteiger partial charge in [0.15, 0.2) is 0 Å². The van der Waals surface area contributed by atoms with Crippen molar-refractivity contribution >= 4 is 16.9 Å². The number of H-pyrrole nitrogens is 1. The van der Waals surface area contributed by atoms with Gasteiger partial charge in [-0.05, 0) is 81.9 Å². The van der Waals surface area contributed by atoms with Gasteiger partial charge in [0.05, 0.1) is 6.54 Å². The van der Waals surface area contributed by atoms with Gasteiger partial charge in [-0.2, -0.15) is 0 Å². The minimum absolute atomic E-state index is 0.0174. The molecule has 1 amide bonds. The van der Waals surface area contributed by atoms with Crippen molar-refractivity contribution in [1.29, 1.82) is 0 Å². The maximum absolute atomic E-state index is 12.5. The van der Waals surface area contributed by atoms with Crippen molar-refractivity contribution in [3.63, 3.8) is 0 Å². The Balaban J connectivity index is 1.32. The molecular formula is C26H33N5O2. The highest BCUT2D eigenvalue weighted by atomic mass is 16.2. The molecule has 2 saturated heterocycles. The van der Waals surface area contributed by atoms with Crippen LogP contribution in [0.3, 0.4) is 0 Å². The zero-order valence-electron chi connectivity index (χ0n) is 19.6. The van der Waals surface area contributed by atoms with Crippen LogP contribution in [0.5, 0.6) is 0 Å². The second-order valence-corrected chi connectivity index (χ2v) is 9.74. The van der Waals surface area contributed by atoms with Crippen LogP contribution in [-0.2, 0) is 4.79 Å². The molecule has 174 valence electrons. The number of nitrogens with zero attached hydrogens (tertiary/aromatic N) is 4. The molecule has 1 N–H and O–H groups in total. The van der Waals surface area contributed by atoms with Crippen LogP contribution in [0.1, 0.15) is 57.2 Å². The molecule has 5 rings (SSSR count). The summed E-state index contributed by atoms with van der Waals surface area (Å²) in [5, 5.41) is 1.09. The molecule has 0 aromatic carbocycles. The smallest absolute Gasteiger partial charge is 0.250 e. The molecule has 3 aromatic rings. The first kappa shape index (κ1) is 21.9. The lowest BCUT2D eigenvalue weighted by Crippen LogP contribution is -2.42. The number of amides is 1. The molecule has 7 nitrogen and oxygen atoms in total. The van der Waals surface area contributed by atoms with E-state index in [1.807, 2.05) is 43.3 Å². The molecule has 0 unspecified atom stereocenters. The number of carbonyl (C=O) groups excluding carboxylic acids is 1. The van der Waals surface area contributed by atoms with Gasteiger partial charge in [-0.25, -0.2) is 4.98 Å². The summed E-state index contributed by atoms with van der Waals surface area (Å²) in [6.45, 7) is 8.33. The molecule has 33 heavy (non-hydrogen) atoms. The third-order valence-corrected chi connectivity index (χ3v) is 7.20. The van der Waals surface area contributed by atoms with Gasteiger partial charge in [-0.3, -0.25) is 14.5 Å². The van der Waals surface area contributed by atoms with Crippen molar-refractivity contribution in [3.05, 3.63) is 52.7 Å². The van der Waals surface area contributed by atoms with Crippen LogP contribution < -0.4 is 5.56 Å². The van der Waals surface area contributed by atoms with Crippen LogP contribution in [0.2, 0.25) is 0 Å². The second kappa shape index (κ2) is 9.14. The van der Waals surface area contributed by atoms with E-state index in [1.165, 1.54) is 5.69 Å². The topological polar surface area (TPSA) is 74.2 Å². The van der Waals surface area contributed by atoms with Crippen LogP contribution in [0.25, 0.3) is 22.2 Å². The first-order valence-corrected chi connectivity index (χ1v) is 12.2. The van der Waals surface area contributed by atoms with E-state index in [1.54, 1.807) is 10.6 Å². The van der Waals surface area contributed by atoms with Crippen molar-refractivity contribution in [2.24, 2.45) is 0 Å². The van der Waals surface area contributed by atoms with E-state index in [9.17, 15) is 9.59 Å². The quantitative estimate of drug-likeness (QED) is 0.646. The van der Waals surface area contributed by atoms with Gasteiger partial charge in [0.1, 0.15) is 5.65 Å². The Morgan fingerprint density at radius 1 is 1.12 bits per heavy atom. The Labute approximate surface area is 194 Å². The zero-order chi connectivity index (χ0) is 22.9. The number of rotatable bonds is 5. The number of pyridine rings is 2. The average Bonchev–Trinajstić information content (AvgIpc) is 3.50. The third-order valence-electron chi connectivity index (χ3n) is 7.20. The standard InChI is InChI=1S/C26H33N5O2/c1-18(2)31-16-20(5-6-24(31)32)21-7-10-27-26-22(21)15-23(28-26)19-8-13-29(14-9-19)17-25(33)30-11-3-4-12-30/h5-7,10,15-16,18-19H,3-4,8-9,11-14,17H2,1-2H3,(H,27,28). The fourth-order valence-corrected chi connectivity index (χ4v) is 5.25. The number of fused-ring (bicyclic) bond motifs is 1. The maximum atomic E-state index is 12.5. The Morgan fingerprint density at radius 2 is 1.88 bits per heavy atom. The fraction of sp³-hybridized carbons (Fsp3) is 0.500. The summed E-state index contributed by atoms with van der Waals surface area (Å²) in [5.74, 6) is 0.725. The minimum Gasteiger partial charge on any atom is -0.343 e. The van der Waals surface area contributed by atoms with E-state index in [0.29, 0.717) is 12.5 Å². The monoisotopic (exact) mass is 447 g/mol. The number of likely N-dealkylation sites (tertiary alicyclic amines) is 2. The van der Waals surface area contributed by atoms with Crippen molar-refractivity contribution in [3.8, 4) is 11.1 Å². The van der Waals surface area contributed by atoms with Gasteiger partial charge in [0, 0.05) is 54.6 Å². The van der Waals surface area contributed by atoms with Gasteiger partial charge in [0.25, 0.3) is 5.56 Å². The van der Waals surface area contributed by atoms with E-state index < -0.39 is 0 Å². The highest BCUT2D eigenvalue weighted by molar-refractivity contribution is 5.93. The molecule has 0 bridgehead atoms. The highest BCUT2D eigenvalue weighted by Gasteiger charge is 2.26. The summed E-state index contributed by atoms with van der Waals surface area (Å²) in [6, 6.07) is 7.92. The molecule has 2 aliphatic heterocycles. The number of hydrogen-bond acceptors (Lipinski definition) is 4. The van der Waals surface area contributed by atoms with Gasteiger partial charge < -0.3 is 14.5 Å². The number of aromatic amines is 1. The van der Waals surface area contributed by atoms with E-state index in [4.69, 9.17) is 0 Å². The van der Waals surface area contributed by atoms with Crippen LogP contribution in [0, 0.1) is 0 Å². The highest BCUT2D eigenvalue weighted by Crippen LogP contribution is 2.33. The molecule has 5 heterocycles. The number of nitrogens with one attached hydrogen (secondary N) is 1. The molecule has 7 heteroatoms. The molecule has 3 aromatic heterocycles. The number of aromatic nitrogens is 3. The van der Waals surface area contributed by atoms with Crippen molar-refractivity contribution in [1.82, 2.24) is 24.3 Å². The summed E-state index contributed by atoms with van der Waals surface area (Å²) in [4.78, 5) is 37.1. The molecule has 0 radical (unpaired) electrons. The van der Waals surface area contributed by atoms with Gasteiger partial charge >= 0.3 is 0 Å². The van der Waals surface area contributed by atoms with Gasteiger partial charge in [-0.15, -0.1) is 0 Å². The van der Waals surface area contributed by atoms with Crippen LogP contribution >= 0.6 is 0 Å². The summed E-state index contributed by atoms with van der Waals surface area (Å²) in [7, 11) is 0. The molecule has 0 aliphatic carbocycles. The van der Waals surface area contributed by atoms with Crippen LogP contribution in [0.15, 0.2) is 41.5 Å². The Hall–Kier alpha value is -2.93. The van der Waals surface area contributed by atoms with E-state index >= 15 is 0 Å². The Morgan fingerprint density at radius 3 is 2.61 bits per heavy atom. The first-order valence-electron chi connectivity index (χ1n) is 12.2. The molecule has 2 fully saturated rings. The lowest BCUT2D eigenvalue weighted by atomic mass is 9.93. The van der Waals surface area contributed by atoms with E-state index in [-0.39, 0.29) is 17.5 Å². The molecule has 0 atom stereocenters. The maximum Gasteiger partial charge on any atom is 0.250 e. The average molecular weight is 448 g/mol. The van der Waals surface area contributed by atoms with Gasteiger partial charge in [0.2, 0.25) is 5.91 Å². The molecule has 0 spiro atoms. The molecular weight excluding hydrogens is 414 g/mol. The molecule has 2 aliphatic rings. The largest absolute Gasteiger partial charge is 0.343 e. The first-order chi connectivity index (χ1) is 16.0.